The van der Waals surface area contributed by atoms with Crippen LogP contribution in [0.2, 0.25) is 0 Å². The number of H-pyrrole nitrogens is 1. The molecule has 0 bridgehead atoms. The van der Waals surface area contributed by atoms with E-state index in [4.69, 9.17) is 0 Å². The molecule has 3 aromatic rings. The van der Waals surface area contributed by atoms with E-state index >= 15 is 0 Å². The number of nitrogens with zero attached hydrogens (tertiary/aromatic N) is 1. The summed E-state index contributed by atoms with van der Waals surface area (Å²) in [5.74, 6) is -0.418. The molecular weight excluding hydrogens is 240 g/mol. The van der Waals surface area contributed by atoms with E-state index in [2.05, 4.69) is 14.9 Å². The maximum Gasteiger partial charge on any atom is 0.356 e. The fourth-order valence-corrected chi connectivity index (χ4v) is 2.12. The van der Waals surface area contributed by atoms with E-state index in [1.807, 2.05) is 42.5 Å². The molecule has 0 unspecified atom stereocenters. The van der Waals surface area contributed by atoms with E-state index in [1.165, 1.54) is 7.11 Å². The Hall–Kier alpha value is -2.62. The molecule has 94 valence electrons. The highest BCUT2D eigenvalue weighted by Gasteiger charge is 2.12. The number of esters is 1. The van der Waals surface area contributed by atoms with E-state index in [9.17, 15) is 4.79 Å². The van der Waals surface area contributed by atoms with Crippen LogP contribution in [0.5, 0.6) is 0 Å². The normalized spacial score (nSPS) is 10.6. The zero-order chi connectivity index (χ0) is 13.2. The summed E-state index contributed by atoms with van der Waals surface area (Å²) in [6, 6.07) is 15.8. The maximum atomic E-state index is 11.4. The van der Waals surface area contributed by atoms with Gasteiger partial charge in [-0.25, -0.2) is 4.79 Å². The molecule has 2 aromatic carbocycles. The molecule has 1 aromatic heterocycles. The Labute approximate surface area is 110 Å². The van der Waals surface area contributed by atoms with Crippen molar-refractivity contribution in [2.45, 2.75) is 0 Å². The van der Waals surface area contributed by atoms with Crippen LogP contribution in [0.4, 0.5) is 0 Å². The predicted molar refractivity (Wildman–Crippen MR) is 72.9 cm³/mol. The lowest BCUT2D eigenvalue weighted by Gasteiger charge is -2.02. The van der Waals surface area contributed by atoms with Crippen LogP contribution in [0.25, 0.3) is 22.0 Å². The summed E-state index contributed by atoms with van der Waals surface area (Å²) in [7, 11) is 1.35. The number of hydrogen-bond donors (Lipinski definition) is 1. The highest BCUT2D eigenvalue weighted by atomic mass is 16.5. The number of benzene rings is 2. The third-order valence-corrected chi connectivity index (χ3v) is 3.05. The first-order valence-corrected chi connectivity index (χ1v) is 5.91. The lowest BCUT2D eigenvalue weighted by molar-refractivity contribution is 0.0594. The molecule has 3 rings (SSSR count). The summed E-state index contributed by atoms with van der Waals surface area (Å²) in [5, 5.41) is 9.12. The average molecular weight is 252 g/mol. The van der Waals surface area contributed by atoms with Gasteiger partial charge in [-0.3, -0.25) is 5.10 Å². The van der Waals surface area contributed by atoms with Crippen LogP contribution in [0, 0.1) is 0 Å². The number of nitrogens with one attached hydrogen (secondary N) is 1. The van der Waals surface area contributed by atoms with Gasteiger partial charge in [0.05, 0.1) is 12.8 Å². The smallest absolute Gasteiger partial charge is 0.356 e. The number of rotatable bonds is 2. The summed E-state index contributed by atoms with van der Waals surface area (Å²) >= 11 is 0. The zero-order valence-electron chi connectivity index (χ0n) is 10.4. The number of aromatic amines is 1. The maximum absolute atomic E-state index is 11.4. The second-order valence-electron chi connectivity index (χ2n) is 4.19. The van der Waals surface area contributed by atoms with E-state index in [-0.39, 0.29) is 0 Å². The molecule has 0 aliphatic rings. The van der Waals surface area contributed by atoms with Crippen molar-refractivity contribution in [3.05, 3.63) is 54.2 Å². The van der Waals surface area contributed by atoms with Crippen molar-refractivity contribution in [1.82, 2.24) is 10.2 Å². The van der Waals surface area contributed by atoms with Gasteiger partial charge in [0.1, 0.15) is 5.69 Å². The first kappa shape index (κ1) is 11.5. The van der Waals surface area contributed by atoms with Crippen LogP contribution in [0.15, 0.2) is 48.5 Å². The van der Waals surface area contributed by atoms with Crippen LogP contribution in [0.1, 0.15) is 10.5 Å². The van der Waals surface area contributed by atoms with Gasteiger partial charge in [-0.2, -0.15) is 5.10 Å². The summed E-state index contributed by atoms with van der Waals surface area (Å²) < 4.78 is 4.66. The summed E-state index contributed by atoms with van der Waals surface area (Å²) in [6.45, 7) is 0. The lowest BCUT2D eigenvalue weighted by Crippen LogP contribution is -2.00. The Balaban J connectivity index is 2.14. The lowest BCUT2D eigenvalue weighted by atomic mass is 10.0. The summed E-state index contributed by atoms with van der Waals surface area (Å²) in [5.41, 5.74) is 2.08. The molecule has 4 nitrogen and oxygen atoms in total. The van der Waals surface area contributed by atoms with Crippen molar-refractivity contribution < 1.29 is 9.53 Å². The van der Waals surface area contributed by atoms with Gasteiger partial charge in [-0.15, -0.1) is 0 Å². The summed E-state index contributed by atoms with van der Waals surface area (Å²) in [6.07, 6.45) is 0. The van der Waals surface area contributed by atoms with Crippen molar-refractivity contribution in [2.75, 3.05) is 7.11 Å². The number of carbonyl (C=O) groups is 1. The molecule has 19 heavy (non-hydrogen) atoms. The zero-order valence-corrected chi connectivity index (χ0v) is 10.4. The SMILES string of the molecule is COC(=O)c1cc(-c2cccc3ccccc23)n[nH]1. The van der Waals surface area contributed by atoms with Crippen LogP contribution in [-0.2, 0) is 4.74 Å². The molecule has 0 aliphatic heterocycles. The molecule has 1 N–H and O–H groups in total. The van der Waals surface area contributed by atoms with E-state index in [0.29, 0.717) is 5.69 Å². The molecular formula is C15H12N2O2. The van der Waals surface area contributed by atoms with Gasteiger partial charge in [-0.05, 0) is 16.8 Å². The fourth-order valence-electron chi connectivity index (χ4n) is 2.12. The number of carbonyl (C=O) groups excluding carboxylic acids is 1. The quantitative estimate of drug-likeness (QED) is 0.713. The molecule has 1 heterocycles. The number of ether oxygens (including phenoxy) is 1. The Kier molecular flexibility index (Phi) is 2.76. The molecule has 0 spiro atoms. The van der Waals surface area contributed by atoms with Crippen molar-refractivity contribution >= 4 is 16.7 Å². The third kappa shape index (κ3) is 1.97. The molecule has 0 aliphatic carbocycles. The Bertz CT molecular complexity index is 741. The minimum absolute atomic E-state index is 0.352. The highest BCUT2D eigenvalue weighted by molar-refractivity contribution is 5.97. The molecule has 0 atom stereocenters. The second kappa shape index (κ2) is 4.57. The van der Waals surface area contributed by atoms with E-state index < -0.39 is 5.97 Å². The van der Waals surface area contributed by atoms with Gasteiger partial charge in [0.25, 0.3) is 0 Å². The Morgan fingerprint density at radius 2 is 1.95 bits per heavy atom. The van der Waals surface area contributed by atoms with Crippen LogP contribution in [-0.4, -0.2) is 23.3 Å². The van der Waals surface area contributed by atoms with Gasteiger partial charge >= 0.3 is 5.97 Å². The van der Waals surface area contributed by atoms with Gasteiger partial charge in [0.15, 0.2) is 0 Å². The standard InChI is InChI=1S/C15H12N2O2/c1-19-15(18)14-9-13(16-17-14)12-8-4-6-10-5-2-3-7-11(10)12/h2-9H,1H3,(H,16,17). The second-order valence-corrected chi connectivity index (χ2v) is 4.19. The number of methoxy groups -OCH3 is 1. The van der Waals surface area contributed by atoms with E-state index in [0.717, 1.165) is 22.0 Å². The Morgan fingerprint density at radius 1 is 1.16 bits per heavy atom. The first-order valence-electron chi connectivity index (χ1n) is 5.91. The predicted octanol–water partition coefficient (Wildman–Crippen LogP) is 3.02. The first-order chi connectivity index (χ1) is 9.29. The van der Waals surface area contributed by atoms with Crippen molar-refractivity contribution in [2.24, 2.45) is 0 Å². The summed E-state index contributed by atoms with van der Waals surface area (Å²) in [4.78, 5) is 11.4. The van der Waals surface area contributed by atoms with Gasteiger partial charge < -0.3 is 4.74 Å². The van der Waals surface area contributed by atoms with Crippen LogP contribution < -0.4 is 0 Å². The van der Waals surface area contributed by atoms with Gasteiger partial charge in [-0.1, -0.05) is 42.5 Å². The minimum Gasteiger partial charge on any atom is -0.464 e. The number of fused-ring (bicyclic) bond motifs is 1. The molecule has 0 fully saturated rings. The molecule has 0 saturated heterocycles. The van der Waals surface area contributed by atoms with Gasteiger partial charge in [0, 0.05) is 5.56 Å². The average Bonchev–Trinajstić information content (AvgIpc) is 2.95. The number of aromatic nitrogens is 2. The van der Waals surface area contributed by atoms with Crippen molar-refractivity contribution in [1.29, 1.82) is 0 Å². The molecule has 4 heteroatoms. The minimum atomic E-state index is -0.418. The van der Waals surface area contributed by atoms with Crippen molar-refractivity contribution in [3.8, 4) is 11.3 Å². The molecule has 0 radical (unpaired) electrons. The van der Waals surface area contributed by atoms with Gasteiger partial charge in [0.2, 0.25) is 0 Å². The van der Waals surface area contributed by atoms with Crippen molar-refractivity contribution in [3.63, 3.8) is 0 Å². The van der Waals surface area contributed by atoms with Crippen LogP contribution in [0.3, 0.4) is 0 Å². The molecule has 0 amide bonds. The largest absolute Gasteiger partial charge is 0.464 e. The molecule has 0 saturated carbocycles. The number of hydrogen-bond acceptors (Lipinski definition) is 3. The monoisotopic (exact) mass is 252 g/mol. The topological polar surface area (TPSA) is 55.0 Å². The Morgan fingerprint density at radius 3 is 2.79 bits per heavy atom. The van der Waals surface area contributed by atoms with Crippen LogP contribution >= 0.6 is 0 Å². The third-order valence-electron chi connectivity index (χ3n) is 3.05. The fraction of sp³-hybridized carbons (Fsp3) is 0.0667. The highest BCUT2D eigenvalue weighted by Crippen LogP contribution is 2.27. The van der Waals surface area contributed by atoms with E-state index in [1.54, 1.807) is 6.07 Å².